The van der Waals surface area contributed by atoms with Gasteiger partial charge in [0, 0.05) is 31.0 Å². The molecule has 2 heterocycles. The number of sulfone groups is 1. The summed E-state index contributed by atoms with van der Waals surface area (Å²) < 4.78 is 84.9. The number of aryl methyl sites for hydroxylation is 1. The quantitative estimate of drug-likeness (QED) is 0.698. The first kappa shape index (κ1) is 22.2. The van der Waals surface area contributed by atoms with Crippen LogP contribution in [-0.2, 0) is 27.9 Å². The van der Waals surface area contributed by atoms with Gasteiger partial charge >= 0.3 is 6.18 Å². The van der Waals surface area contributed by atoms with Gasteiger partial charge in [0.25, 0.3) is 0 Å². The van der Waals surface area contributed by atoms with E-state index >= 15 is 4.39 Å². The standard InChI is InChI=1S/C17H20F4N4O4S/c1-16(18,30(27,28)14-9-12(17(19,20)21)23-25(14)2)11-5-3-10(4-6-11)15(26)22-13-7-8-29-24-13/h7-11H,3-6H2,1-2H3,(H,22,24,26). The number of halogens is 4. The molecule has 1 fully saturated rings. The fraction of sp³-hybridized carbons (Fsp3) is 0.588. The second-order valence-corrected chi connectivity index (χ2v) is 9.62. The lowest BCUT2D eigenvalue weighted by atomic mass is 9.79. The molecule has 1 aliphatic rings. The van der Waals surface area contributed by atoms with E-state index in [-0.39, 0.29) is 37.4 Å². The van der Waals surface area contributed by atoms with Gasteiger partial charge in [-0.25, -0.2) is 12.8 Å². The number of alkyl halides is 4. The molecule has 30 heavy (non-hydrogen) atoms. The fourth-order valence-electron chi connectivity index (χ4n) is 3.64. The van der Waals surface area contributed by atoms with Crippen LogP contribution < -0.4 is 5.32 Å². The van der Waals surface area contributed by atoms with E-state index in [1.54, 1.807) is 0 Å². The van der Waals surface area contributed by atoms with Gasteiger partial charge < -0.3 is 9.84 Å². The number of hydrogen-bond acceptors (Lipinski definition) is 6. The molecule has 0 aromatic carbocycles. The van der Waals surface area contributed by atoms with Crippen LogP contribution in [0.4, 0.5) is 23.4 Å². The summed E-state index contributed by atoms with van der Waals surface area (Å²) >= 11 is 0. The van der Waals surface area contributed by atoms with E-state index in [1.807, 2.05) is 0 Å². The molecule has 1 unspecified atom stereocenters. The van der Waals surface area contributed by atoms with E-state index < -0.39 is 43.6 Å². The van der Waals surface area contributed by atoms with Crippen molar-refractivity contribution in [3.63, 3.8) is 0 Å². The number of nitrogens with zero attached hydrogens (tertiary/aromatic N) is 3. The molecule has 1 aliphatic carbocycles. The molecule has 8 nitrogen and oxygen atoms in total. The Balaban J connectivity index is 1.73. The first-order valence-corrected chi connectivity index (χ1v) is 10.6. The monoisotopic (exact) mass is 452 g/mol. The van der Waals surface area contributed by atoms with E-state index in [0.717, 1.165) is 14.0 Å². The Morgan fingerprint density at radius 2 is 1.87 bits per heavy atom. The number of rotatable bonds is 5. The lowest BCUT2D eigenvalue weighted by molar-refractivity contribution is -0.141. The maximum Gasteiger partial charge on any atom is 0.435 e. The Kier molecular flexibility index (Phi) is 5.69. The van der Waals surface area contributed by atoms with Crippen molar-refractivity contribution in [3.8, 4) is 0 Å². The summed E-state index contributed by atoms with van der Waals surface area (Å²) in [6.45, 7) is 0.850. The summed E-state index contributed by atoms with van der Waals surface area (Å²) in [5, 5.41) is 5.61. The van der Waals surface area contributed by atoms with Gasteiger partial charge in [-0.3, -0.25) is 9.48 Å². The van der Waals surface area contributed by atoms with Crippen LogP contribution in [0.15, 0.2) is 27.9 Å². The molecule has 2 aromatic rings. The van der Waals surface area contributed by atoms with Gasteiger partial charge in [-0.1, -0.05) is 5.16 Å². The Morgan fingerprint density at radius 3 is 2.37 bits per heavy atom. The number of anilines is 1. The molecule has 0 bridgehead atoms. The minimum atomic E-state index is -4.85. The normalized spacial score (nSPS) is 22.5. The van der Waals surface area contributed by atoms with Crippen molar-refractivity contribution in [2.45, 2.75) is 48.8 Å². The predicted octanol–water partition coefficient (Wildman–Crippen LogP) is 3.33. The summed E-state index contributed by atoms with van der Waals surface area (Å²) in [5.41, 5.74) is -1.41. The van der Waals surface area contributed by atoms with Crippen molar-refractivity contribution in [1.29, 1.82) is 0 Å². The zero-order chi connectivity index (χ0) is 22.3. The third-order valence-corrected chi connectivity index (χ3v) is 7.76. The molecule has 1 amide bonds. The molecule has 13 heteroatoms. The zero-order valence-electron chi connectivity index (χ0n) is 16.1. The van der Waals surface area contributed by atoms with Gasteiger partial charge in [-0.05, 0) is 32.6 Å². The summed E-state index contributed by atoms with van der Waals surface area (Å²) in [6.07, 6.45) is -2.96. The topological polar surface area (TPSA) is 107 Å². The van der Waals surface area contributed by atoms with Gasteiger partial charge in [0.15, 0.2) is 16.5 Å². The van der Waals surface area contributed by atoms with Crippen molar-refractivity contribution in [2.75, 3.05) is 5.32 Å². The van der Waals surface area contributed by atoms with Crippen LogP contribution in [0.1, 0.15) is 38.3 Å². The van der Waals surface area contributed by atoms with E-state index in [4.69, 9.17) is 0 Å². The SMILES string of the molecule is Cn1nc(C(F)(F)F)cc1S(=O)(=O)C(C)(F)C1CCC(C(=O)Nc2ccon2)CC1. The van der Waals surface area contributed by atoms with Crippen LogP contribution in [-0.4, -0.2) is 34.3 Å². The number of hydrogen-bond donors (Lipinski definition) is 1. The van der Waals surface area contributed by atoms with E-state index in [2.05, 4.69) is 20.1 Å². The molecule has 166 valence electrons. The summed E-state index contributed by atoms with van der Waals surface area (Å²) in [4.78, 5) is 12.3. The highest BCUT2D eigenvalue weighted by atomic mass is 32.2. The molecule has 2 aromatic heterocycles. The Bertz CT molecular complexity index is 1010. The summed E-state index contributed by atoms with van der Waals surface area (Å²) in [6, 6.07) is 1.79. The first-order chi connectivity index (χ1) is 13.8. The zero-order valence-corrected chi connectivity index (χ0v) is 16.9. The van der Waals surface area contributed by atoms with Crippen LogP contribution in [0.2, 0.25) is 0 Å². The molecule has 0 spiro atoms. The predicted molar refractivity (Wildman–Crippen MR) is 95.5 cm³/mol. The average molecular weight is 452 g/mol. The van der Waals surface area contributed by atoms with Crippen molar-refractivity contribution in [2.24, 2.45) is 18.9 Å². The minimum Gasteiger partial charge on any atom is -0.363 e. The molecule has 3 rings (SSSR count). The lowest BCUT2D eigenvalue weighted by Gasteiger charge is -2.35. The average Bonchev–Trinajstić information content (AvgIpc) is 3.31. The molecule has 0 radical (unpaired) electrons. The van der Waals surface area contributed by atoms with Crippen LogP contribution in [0, 0.1) is 11.8 Å². The second kappa shape index (κ2) is 7.67. The number of aromatic nitrogens is 3. The largest absolute Gasteiger partial charge is 0.435 e. The first-order valence-electron chi connectivity index (χ1n) is 9.10. The number of amides is 1. The molecular weight excluding hydrogens is 432 g/mol. The van der Waals surface area contributed by atoms with E-state index in [1.165, 1.54) is 12.3 Å². The molecular formula is C17H20F4N4O4S. The second-order valence-electron chi connectivity index (χ2n) is 7.40. The van der Waals surface area contributed by atoms with E-state index in [0.29, 0.717) is 10.7 Å². The third kappa shape index (κ3) is 4.07. The number of carbonyl (C=O) groups excluding carboxylic acids is 1. The van der Waals surface area contributed by atoms with Crippen molar-refractivity contribution < 1.29 is 35.3 Å². The van der Waals surface area contributed by atoms with Crippen molar-refractivity contribution >= 4 is 21.6 Å². The van der Waals surface area contributed by atoms with Gasteiger partial charge in [-0.15, -0.1) is 0 Å². The Labute approximate surface area is 169 Å². The highest BCUT2D eigenvalue weighted by Crippen LogP contribution is 2.43. The van der Waals surface area contributed by atoms with Crippen LogP contribution >= 0.6 is 0 Å². The van der Waals surface area contributed by atoms with Crippen LogP contribution in [0.25, 0.3) is 0 Å². The smallest absolute Gasteiger partial charge is 0.363 e. The van der Waals surface area contributed by atoms with Crippen LogP contribution in [0.3, 0.4) is 0 Å². The van der Waals surface area contributed by atoms with Gasteiger partial charge in [-0.2, -0.15) is 18.3 Å². The molecule has 0 aliphatic heterocycles. The van der Waals surface area contributed by atoms with Gasteiger partial charge in [0.2, 0.25) is 20.7 Å². The molecule has 0 saturated heterocycles. The highest BCUT2D eigenvalue weighted by molar-refractivity contribution is 7.92. The molecule has 1 saturated carbocycles. The van der Waals surface area contributed by atoms with Crippen molar-refractivity contribution in [3.05, 3.63) is 24.1 Å². The molecule has 1 atom stereocenters. The van der Waals surface area contributed by atoms with Crippen LogP contribution in [0.5, 0.6) is 0 Å². The molecule has 1 N–H and O–H groups in total. The third-order valence-electron chi connectivity index (χ3n) is 5.44. The number of nitrogens with one attached hydrogen (secondary N) is 1. The highest BCUT2D eigenvalue weighted by Gasteiger charge is 2.51. The van der Waals surface area contributed by atoms with Gasteiger partial charge in [0.05, 0.1) is 0 Å². The maximum absolute atomic E-state index is 15.5. The summed E-state index contributed by atoms with van der Waals surface area (Å²) in [5.74, 6) is -1.56. The summed E-state index contributed by atoms with van der Waals surface area (Å²) in [7, 11) is -3.76. The van der Waals surface area contributed by atoms with Crippen molar-refractivity contribution in [1.82, 2.24) is 14.9 Å². The fourth-order valence-corrected chi connectivity index (χ4v) is 5.38. The van der Waals surface area contributed by atoms with E-state index in [9.17, 15) is 26.4 Å². The lowest BCUT2D eigenvalue weighted by Crippen LogP contribution is -2.42. The number of carbonyl (C=O) groups is 1. The van der Waals surface area contributed by atoms with Gasteiger partial charge in [0.1, 0.15) is 6.26 Å². The minimum absolute atomic E-state index is 0.0765. The Morgan fingerprint density at radius 1 is 1.23 bits per heavy atom. The maximum atomic E-state index is 15.5. The Hall–Kier alpha value is -2.44.